The van der Waals surface area contributed by atoms with Crippen LogP contribution in [-0.4, -0.2) is 28.9 Å². The zero-order valence-corrected chi connectivity index (χ0v) is 11.4. The summed E-state index contributed by atoms with van der Waals surface area (Å²) >= 11 is 0. The summed E-state index contributed by atoms with van der Waals surface area (Å²) in [5, 5.41) is 0. The molecule has 2 rings (SSSR count). The number of rotatable bonds is 1. The lowest BCUT2D eigenvalue weighted by atomic mass is 9.92. The van der Waals surface area contributed by atoms with Gasteiger partial charge in [0.25, 0.3) is 5.91 Å². The lowest BCUT2D eigenvalue weighted by Gasteiger charge is -2.34. The summed E-state index contributed by atoms with van der Waals surface area (Å²) in [5.74, 6) is 0.506. The molecule has 1 saturated heterocycles. The summed E-state index contributed by atoms with van der Waals surface area (Å²) < 4.78 is 37.3. The summed E-state index contributed by atoms with van der Waals surface area (Å²) in [6.45, 7) is 5.39. The van der Waals surface area contributed by atoms with Crippen LogP contribution in [0.5, 0.6) is 0 Å². The summed E-state index contributed by atoms with van der Waals surface area (Å²) in [7, 11) is 0. The molecule has 0 radical (unpaired) electrons. The van der Waals surface area contributed by atoms with Crippen LogP contribution in [0, 0.1) is 11.8 Å². The van der Waals surface area contributed by atoms with E-state index in [0.717, 1.165) is 18.6 Å². The van der Waals surface area contributed by atoms with Crippen molar-refractivity contribution in [3.05, 3.63) is 29.6 Å². The fraction of sp³-hybridized carbons (Fsp3) is 0.571. The van der Waals surface area contributed by atoms with Crippen molar-refractivity contribution in [1.29, 1.82) is 0 Å². The Morgan fingerprint density at radius 1 is 1.25 bits per heavy atom. The van der Waals surface area contributed by atoms with Gasteiger partial charge in [-0.25, -0.2) is 0 Å². The van der Waals surface area contributed by atoms with Gasteiger partial charge >= 0.3 is 6.18 Å². The molecule has 0 bridgehead atoms. The van der Waals surface area contributed by atoms with Crippen molar-refractivity contribution >= 4 is 5.91 Å². The molecule has 1 amide bonds. The second-order valence-electron chi connectivity index (χ2n) is 5.59. The highest BCUT2D eigenvalue weighted by molar-refractivity contribution is 5.92. The Bertz CT molecular complexity index is 474. The van der Waals surface area contributed by atoms with Gasteiger partial charge in [-0.3, -0.25) is 9.78 Å². The molecule has 1 aliphatic rings. The first-order valence-electron chi connectivity index (χ1n) is 6.60. The first-order chi connectivity index (χ1) is 9.27. The molecule has 0 unspecified atom stereocenters. The maximum atomic E-state index is 12.4. The fourth-order valence-electron chi connectivity index (χ4n) is 2.68. The third-order valence-corrected chi connectivity index (χ3v) is 3.47. The Hall–Kier alpha value is -1.59. The van der Waals surface area contributed by atoms with E-state index in [0.29, 0.717) is 31.1 Å². The van der Waals surface area contributed by atoms with E-state index in [4.69, 9.17) is 0 Å². The molecule has 1 fully saturated rings. The number of carbonyl (C=O) groups is 1. The zero-order chi connectivity index (χ0) is 14.9. The number of hydrogen-bond acceptors (Lipinski definition) is 2. The maximum absolute atomic E-state index is 12.4. The van der Waals surface area contributed by atoms with Crippen LogP contribution in [-0.2, 0) is 6.18 Å². The van der Waals surface area contributed by atoms with Crippen LogP contribution in [0.15, 0.2) is 18.3 Å². The minimum Gasteiger partial charge on any atom is -0.337 e. The summed E-state index contributed by atoms with van der Waals surface area (Å²) in [6, 6.07) is 2.05. The van der Waals surface area contributed by atoms with Crippen LogP contribution < -0.4 is 0 Å². The smallest absolute Gasteiger partial charge is 0.337 e. The molecule has 0 spiro atoms. The van der Waals surface area contributed by atoms with E-state index >= 15 is 0 Å². The number of nitrogens with zero attached hydrogens (tertiary/aromatic N) is 2. The number of pyridine rings is 1. The van der Waals surface area contributed by atoms with Crippen LogP contribution in [0.25, 0.3) is 0 Å². The molecule has 0 saturated carbocycles. The molecule has 0 aliphatic carbocycles. The first kappa shape index (κ1) is 14.8. The minimum absolute atomic E-state index is 0.0688. The average molecular weight is 286 g/mol. The van der Waals surface area contributed by atoms with Gasteiger partial charge in [0.2, 0.25) is 0 Å². The van der Waals surface area contributed by atoms with Crippen LogP contribution in [0.4, 0.5) is 13.2 Å². The SMILES string of the molecule is C[C@@H]1C[C@H](C)CN(C(=O)c2ccc(C(F)(F)F)cn2)C1. The number of aromatic nitrogens is 1. The number of halogens is 3. The van der Waals surface area contributed by atoms with Crippen molar-refractivity contribution in [2.24, 2.45) is 11.8 Å². The van der Waals surface area contributed by atoms with E-state index in [1.54, 1.807) is 4.90 Å². The molecule has 20 heavy (non-hydrogen) atoms. The molecule has 0 aromatic carbocycles. The molecule has 1 aromatic heterocycles. The number of hydrogen-bond donors (Lipinski definition) is 0. The van der Waals surface area contributed by atoms with Crippen molar-refractivity contribution in [3.63, 3.8) is 0 Å². The van der Waals surface area contributed by atoms with Crippen LogP contribution >= 0.6 is 0 Å². The van der Waals surface area contributed by atoms with Gasteiger partial charge in [0, 0.05) is 19.3 Å². The Kier molecular flexibility index (Phi) is 4.01. The largest absolute Gasteiger partial charge is 0.417 e. The zero-order valence-electron chi connectivity index (χ0n) is 11.4. The highest BCUT2D eigenvalue weighted by atomic mass is 19.4. The van der Waals surface area contributed by atoms with Gasteiger partial charge in [0.15, 0.2) is 0 Å². The highest BCUT2D eigenvalue weighted by Gasteiger charge is 2.32. The minimum atomic E-state index is -4.43. The standard InChI is InChI=1S/C14H17F3N2O/c1-9-5-10(2)8-19(7-9)13(20)12-4-3-11(6-18-12)14(15,16)17/h3-4,6,9-10H,5,7-8H2,1-2H3/t9-,10+. The molecular formula is C14H17F3N2O. The lowest BCUT2D eigenvalue weighted by Crippen LogP contribution is -2.42. The number of amides is 1. The van der Waals surface area contributed by atoms with Gasteiger partial charge in [0.1, 0.15) is 5.69 Å². The molecule has 1 aliphatic heterocycles. The van der Waals surface area contributed by atoms with Gasteiger partial charge < -0.3 is 4.90 Å². The van der Waals surface area contributed by atoms with Crippen LogP contribution in [0.3, 0.4) is 0 Å². The Labute approximate surface area is 115 Å². The first-order valence-corrected chi connectivity index (χ1v) is 6.60. The monoisotopic (exact) mass is 286 g/mol. The van der Waals surface area contributed by atoms with E-state index in [1.165, 1.54) is 0 Å². The van der Waals surface area contributed by atoms with Crippen LogP contribution in [0.2, 0.25) is 0 Å². The third kappa shape index (κ3) is 3.29. The second-order valence-corrected chi connectivity index (χ2v) is 5.59. The van der Waals surface area contributed by atoms with Gasteiger partial charge in [-0.05, 0) is 30.4 Å². The van der Waals surface area contributed by atoms with Crippen molar-refractivity contribution in [1.82, 2.24) is 9.88 Å². The van der Waals surface area contributed by atoms with Crippen molar-refractivity contribution in [3.8, 4) is 0 Å². The van der Waals surface area contributed by atoms with Crippen molar-refractivity contribution < 1.29 is 18.0 Å². The van der Waals surface area contributed by atoms with E-state index in [9.17, 15) is 18.0 Å². The molecule has 110 valence electrons. The maximum Gasteiger partial charge on any atom is 0.417 e. The molecule has 2 atom stereocenters. The summed E-state index contributed by atoms with van der Waals surface area (Å²) in [4.78, 5) is 17.6. The quantitative estimate of drug-likeness (QED) is 0.794. The van der Waals surface area contributed by atoms with Crippen molar-refractivity contribution in [2.45, 2.75) is 26.4 Å². The van der Waals surface area contributed by atoms with Gasteiger partial charge in [-0.2, -0.15) is 13.2 Å². The summed E-state index contributed by atoms with van der Waals surface area (Å²) in [6.07, 6.45) is -2.66. The fourth-order valence-corrected chi connectivity index (χ4v) is 2.68. The molecule has 1 aromatic rings. The number of alkyl halides is 3. The van der Waals surface area contributed by atoms with Gasteiger partial charge in [0.05, 0.1) is 5.56 Å². The molecular weight excluding hydrogens is 269 g/mol. The van der Waals surface area contributed by atoms with E-state index < -0.39 is 11.7 Å². The van der Waals surface area contributed by atoms with E-state index in [1.807, 2.05) is 0 Å². The summed E-state index contributed by atoms with van der Waals surface area (Å²) in [5.41, 5.74) is -0.770. The van der Waals surface area contributed by atoms with E-state index in [2.05, 4.69) is 18.8 Å². The Morgan fingerprint density at radius 3 is 2.30 bits per heavy atom. The van der Waals surface area contributed by atoms with Gasteiger partial charge in [-0.15, -0.1) is 0 Å². The molecule has 2 heterocycles. The van der Waals surface area contributed by atoms with Crippen LogP contribution in [0.1, 0.15) is 36.3 Å². The second kappa shape index (κ2) is 5.42. The number of carbonyl (C=O) groups excluding carboxylic acids is 1. The molecule has 6 heteroatoms. The Balaban J connectivity index is 2.13. The van der Waals surface area contributed by atoms with Gasteiger partial charge in [-0.1, -0.05) is 13.8 Å². The third-order valence-electron chi connectivity index (χ3n) is 3.47. The predicted octanol–water partition coefficient (Wildman–Crippen LogP) is 3.22. The van der Waals surface area contributed by atoms with Crippen molar-refractivity contribution in [2.75, 3.05) is 13.1 Å². The topological polar surface area (TPSA) is 33.2 Å². The average Bonchev–Trinajstić information content (AvgIpc) is 2.36. The molecule has 0 N–H and O–H groups in total. The number of likely N-dealkylation sites (tertiary alicyclic amines) is 1. The highest BCUT2D eigenvalue weighted by Crippen LogP contribution is 2.28. The number of piperidine rings is 1. The normalized spacial score (nSPS) is 23.8. The predicted molar refractivity (Wildman–Crippen MR) is 68.1 cm³/mol. The molecule has 3 nitrogen and oxygen atoms in total. The lowest BCUT2D eigenvalue weighted by molar-refractivity contribution is -0.137. The Morgan fingerprint density at radius 2 is 1.85 bits per heavy atom. The van der Waals surface area contributed by atoms with E-state index in [-0.39, 0.29) is 11.6 Å².